The van der Waals surface area contributed by atoms with Crippen molar-refractivity contribution in [2.45, 2.75) is 31.8 Å². The van der Waals surface area contributed by atoms with E-state index in [0.29, 0.717) is 6.04 Å². The summed E-state index contributed by atoms with van der Waals surface area (Å²) in [5.74, 6) is 1.00. The van der Waals surface area contributed by atoms with Crippen LogP contribution >= 0.6 is 0 Å². The fourth-order valence-corrected chi connectivity index (χ4v) is 3.13. The third-order valence-corrected chi connectivity index (χ3v) is 4.38. The smallest absolute Gasteiger partial charge is 0.204 e. The van der Waals surface area contributed by atoms with Gasteiger partial charge in [-0.3, -0.25) is 0 Å². The van der Waals surface area contributed by atoms with Gasteiger partial charge in [-0.15, -0.1) is 0 Å². The number of aromatic nitrogens is 2. The zero-order valence-electron chi connectivity index (χ0n) is 13.1. The monoisotopic (exact) mass is 284 g/mol. The number of fused-ring (bicyclic) bond motifs is 1. The van der Waals surface area contributed by atoms with Gasteiger partial charge in [0.2, 0.25) is 5.95 Å². The van der Waals surface area contributed by atoms with Crippen LogP contribution in [-0.2, 0) is 26.4 Å². The molecule has 3 rings (SSSR count). The van der Waals surface area contributed by atoms with Crippen LogP contribution in [0.4, 0.5) is 5.95 Å². The molecule has 1 aliphatic carbocycles. The van der Waals surface area contributed by atoms with Crippen LogP contribution in [0.15, 0.2) is 30.5 Å². The van der Waals surface area contributed by atoms with Crippen molar-refractivity contribution in [2.24, 2.45) is 7.05 Å². The van der Waals surface area contributed by atoms with Crippen LogP contribution in [0, 0.1) is 0 Å². The summed E-state index contributed by atoms with van der Waals surface area (Å²) >= 11 is 0. The molecular formula is C17H24N4. The first-order valence-corrected chi connectivity index (χ1v) is 7.63. The highest BCUT2D eigenvalue weighted by atomic mass is 15.3. The lowest BCUT2D eigenvalue weighted by Crippen LogP contribution is -2.34. The molecule has 0 bridgehead atoms. The largest absolute Gasteiger partial charge is 0.348 e. The third kappa shape index (κ3) is 2.95. The molecule has 1 N–H and O–H groups in total. The van der Waals surface area contributed by atoms with Crippen LogP contribution in [0.5, 0.6) is 0 Å². The van der Waals surface area contributed by atoms with E-state index in [1.807, 2.05) is 25.2 Å². The van der Waals surface area contributed by atoms with E-state index in [-0.39, 0.29) is 0 Å². The molecule has 112 valence electrons. The van der Waals surface area contributed by atoms with Crippen LogP contribution in [0.25, 0.3) is 0 Å². The van der Waals surface area contributed by atoms with Crippen LogP contribution < -0.4 is 10.2 Å². The van der Waals surface area contributed by atoms with E-state index in [1.54, 1.807) is 0 Å². The van der Waals surface area contributed by atoms with Gasteiger partial charge in [0, 0.05) is 33.7 Å². The van der Waals surface area contributed by atoms with E-state index < -0.39 is 0 Å². The number of aryl methyl sites for hydroxylation is 1. The van der Waals surface area contributed by atoms with Gasteiger partial charge in [0.25, 0.3) is 0 Å². The predicted molar refractivity (Wildman–Crippen MR) is 86.6 cm³/mol. The molecule has 4 nitrogen and oxygen atoms in total. The second-order valence-electron chi connectivity index (χ2n) is 6.09. The van der Waals surface area contributed by atoms with Gasteiger partial charge in [-0.2, -0.15) is 0 Å². The molecule has 1 aromatic carbocycles. The van der Waals surface area contributed by atoms with Gasteiger partial charge in [0.05, 0.1) is 11.9 Å². The standard InChI is InChI=1S/C17H24N4/c1-20(2)17-19-12-16(21(17)3)11-18-15-9-8-13-6-4-5-7-14(13)10-15/h4-7,12,15,18H,8-11H2,1-3H3. The summed E-state index contributed by atoms with van der Waals surface area (Å²) in [7, 11) is 6.13. The molecular weight excluding hydrogens is 260 g/mol. The second kappa shape index (κ2) is 5.90. The number of benzene rings is 1. The maximum atomic E-state index is 4.46. The molecule has 0 fully saturated rings. The lowest BCUT2D eigenvalue weighted by Gasteiger charge is -2.25. The number of anilines is 1. The minimum absolute atomic E-state index is 0.567. The number of hydrogen-bond donors (Lipinski definition) is 1. The third-order valence-electron chi connectivity index (χ3n) is 4.38. The highest BCUT2D eigenvalue weighted by molar-refractivity contribution is 5.32. The lowest BCUT2D eigenvalue weighted by molar-refractivity contribution is 0.451. The first-order chi connectivity index (χ1) is 10.1. The molecule has 0 spiro atoms. The molecule has 1 atom stereocenters. The fraction of sp³-hybridized carbons (Fsp3) is 0.471. The second-order valence-corrected chi connectivity index (χ2v) is 6.09. The van der Waals surface area contributed by atoms with Crippen molar-refractivity contribution in [3.63, 3.8) is 0 Å². The van der Waals surface area contributed by atoms with Crippen molar-refractivity contribution in [3.8, 4) is 0 Å². The first kappa shape index (κ1) is 14.1. The Morgan fingerprint density at radius 2 is 2.05 bits per heavy atom. The Kier molecular flexibility index (Phi) is 3.97. The van der Waals surface area contributed by atoms with Crippen LogP contribution in [0.3, 0.4) is 0 Å². The summed E-state index contributed by atoms with van der Waals surface area (Å²) in [6.07, 6.45) is 5.51. The normalized spacial score (nSPS) is 17.6. The summed E-state index contributed by atoms with van der Waals surface area (Å²) in [5.41, 5.74) is 4.25. The van der Waals surface area contributed by atoms with Crippen molar-refractivity contribution in [1.82, 2.24) is 14.9 Å². The molecule has 0 saturated heterocycles. The van der Waals surface area contributed by atoms with Crippen molar-refractivity contribution < 1.29 is 0 Å². The SMILES string of the molecule is CN(C)c1ncc(CNC2CCc3ccccc3C2)n1C. The zero-order chi connectivity index (χ0) is 14.8. The lowest BCUT2D eigenvalue weighted by atomic mass is 9.88. The summed E-state index contributed by atoms with van der Waals surface area (Å²) in [6, 6.07) is 9.38. The molecule has 1 aliphatic rings. The van der Waals surface area contributed by atoms with E-state index in [4.69, 9.17) is 0 Å². The van der Waals surface area contributed by atoms with E-state index in [0.717, 1.165) is 18.9 Å². The Hall–Kier alpha value is -1.81. The average molecular weight is 284 g/mol. The molecule has 21 heavy (non-hydrogen) atoms. The fourth-order valence-electron chi connectivity index (χ4n) is 3.13. The summed E-state index contributed by atoms with van der Waals surface area (Å²) in [4.78, 5) is 6.51. The highest BCUT2D eigenvalue weighted by Crippen LogP contribution is 2.21. The summed E-state index contributed by atoms with van der Waals surface area (Å²) < 4.78 is 2.16. The first-order valence-electron chi connectivity index (χ1n) is 7.63. The van der Waals surface area contributed by atoms with Gasteiger partial charge < -0.3 is 14.8 Å². The number of nitrogens with one attached hydrogen (secondary N) is 1. The van der Waals surface area contributed by atoms with Crippen LogP contribution in [0.1, 0.15) is 23.2 Å². The Morgan fingerprint density at radius 1 is 1.29 bits per heavy atom. The van der Waals surface area contributed by atoms with Gasteiger partial charge in [0.1, 0.15) is 0 Å². The Labute approximate surface area is 126 Å². The minimum atomic E-state index is 0.567. The minimum Gasteiger partial charge on any atom is -0.348 e. The van der Waals surface area contributed by atoms with Gasteiger partial charge in [-0.25, -0.2) is 4.98 Å². The molecule has 0 aliphatic heterocycles. The van der Waals surface area contributed by atoms with Gasteiger partial charge in [0.15, 0.2) is 0 Å². The Balaban J connectivity index is 1.62. The average Bonchev–Trinajstić information content (AvgIpc) is 2.86. The number of rotatable bonds is 4. The predicted octanol–water partition coefficient (Wildman–Crippen LogP) is 2.13. The van der Waals surface area contributed by atoms with E-state index in [9.17, 15) is 0 Å². The molecule has 1 aromatic heterocycles. The zero-order valence-corrected chi connectivity index (χ0v) is 13.1. The Bertz CT molecular complexity index is 615. The maximum absolute atomic E-state index is 4.46. The van der Waals surface area contributed by atoms with Crippen molar-refractivity contribution in [1.29, 1.82) is 0 Å². The van der Waals surface area contributed by atoms with E-state index >= 15 is 0 Å². The van der Waals surface area contributed by atoms with Crippen molar-refractivity contribution in [2.75, 3.05) is 19.0 Å². The molecule has 1 heterocycles. The van der Waals surface area contributed by atoms with Gasteiger partial charge in [-0.1, -0.05) is 24.3 Å². The van der Waals surface area contributed by atoms with Gasteiger partial charge >= 0.3 is 0 Å². The van der Waals surface area contributed by atoms with Crippen LogP contribution in [0.2, 0.25) is 0 Å². The molecule has 2 aromatic rings. The molecule has 0 radical (unpaired) electrons. The molecule has 0 saturated carbocycles. The Morgan fingerprint density at radius 3 is 2.76 bits per heavy atom. The topological polar surface area (TPSA) is 33.1 Å². The van der Waals surface area contributed by atoms with E-state index in [1.165, 1.54) is 29.7 Å². The number of imidazole rings is 1. The van der Waals surface area contributed by atoms with Crippen LogP contribution in [-0.4, -0.2) is 29.7 Å². The van der Waals surface area contributed by atoms with Crippen molar-refractivity contribution >= 4 is 5.95 Å². The molecule has 1 unspecified atom stereocenters. The number of nitrogens with zero attached hydrogens (tertiary/aromatic N) is 3. The molecule has 0 amide bonds. The molecule has 4 heteroatoms. The summed E-state index contributed by atoms with van der Waals surface area (Å²) in [6.45, 7) is 0.879. The van der Waals surface area contributed by atoms with Gasteiger partial charge in [-0.05, 0) is 30.4 Å². The quantitative estimate of drug-likeness (QED) is 0.934. The highest BCUT2D eigenvalue weighted by Gasteiger charge is 2.18. The van der Waals surface area contributed by atoms with E-state index in [2.05, 4.69) is 46.2 Å². The summed E-state index contributed by atoms with van der Waals surface area (Å²) in [5, 5.41) is 3.69. The maximum Gasteiger partial charge on any atom is 0.204 e. The van der Waals surface area contributed by atoms with Crippen molar-refractivity contribution in [3.05, 3.63) is 47.3 Å². The number of hydrogen-bond acceptors (Lipinski definition) is 3.